The van der Waals surface area contributed by atoms with Gasteiger partial charge in [-0.2, -0.15) is 0 Å². The van der Waals surface area contributed by atoms with E-state index >= 15 is 0 Å². The lowest BCUT2D eigenvalue weighted by Crippen LogP contribution is -2.52. The van der Waals surface area contributed by atoms with Crippen LogP contribution >= 0.6 is 0 Å². The van der Waals surface area contributed by atoms with E-state index in [4.69, 9.17) is 0 Å². The molecule has 2 aliphatic rings. The van der Waals surface area contributed by atoms with Gasteiger partial charge in [0.2, 0.25) is 11.8 Å². The number of anilines is 3. The van der Waals surface area contributed by atoms with E-state index in [0.29, 0.717) is 30.6 Å². The molecule has 2 aromatic rings. The van der Waals surface area contributed by atoms with Crippen molar-refractivity contribution in [1.82, 2.24) is 0 Å². The Morgan fingerprint density at radius 3 is 2.69 bits per heavy atom. The minimum Gasteiger partial charge on any atom is -0.322 e. The van der Waals surface area contributed by atoms with Crippen LogP contribution in [0.15, 0.2) is 42.5 Å². The van der Waals surface area contributed by atoms with Crippen LogP contribution < -0.4 is 15.1 Å². The zero-order valence-electron chi connectivity index (χ0n) is 16.8. The minimum atomic E-state index is -0.419. The SMILES string of the molecule is CCCN1C(=O)C2CCC(=O)N2c2ccc(C(=O)Nc3cccc(CC)c3)cc21. The summed E-state index contributed by atoms with van der Waals surface area (Å²) in [4.78, 5) is 41.5. The van der Waals surface area contributed by atoms with E-state index in [1.165, 1.54) is 0 Å². The first-order valence-electron chi connectivity index (χ1n) is 10.2. The highest BCUT2D eigenvalue weighted by Gasteiger charge is 2.44. The number of benzene rings is 2. The third-order valence-corrected chi connectivity index (χ3v) is 5.59. The third-order valence-electron chi connectivity index (χ3n) is 5.59. The number of hydrogen-bond acceptors (Lipinski definition) is 3. The Labute approximate surface area is 170 Å². The van der Waals surface area contributed by atoms with Crippen LogP contribution in [0.1, 0.15) is 49.0 Å². The van der Waals surface area contributed by atoms with Crippen LogP contribution in [0.5, 0.6) is 0 Å². The van der Waals surface area contributed by atoms with Gasteiger partial charge in [-0.05, 0) is 55.2 Å². The molecule has 1 saturated heterocycles. The van der Waals surface area contributed by atoms with Crippen molar-refractivity contribution in [3.63, 3.8) is 0 Å². The van der Waals surface area contributed by atoms with Crippen LogP contribution in [0.4, 0.5) is 17.1 Å². The van der Waals surface area contributed by atoms with Crippen molar-refractivity contribution in [2.24, 2.45) is 0 Å². The number of carbonyl (C=O) groups is 3. The molecule has 0 aromatic heterocycles. The van der Waals surface area contributed by atoms with Gasteiger partial charge in [0.15, 0.2) is 0 Å². The highest BCUT2D eigenvalue weighted by atomic mass is 16.2. The van der Waals surface area contributed by atoms with Crippen molar-refractivity contribution in [3.8, 4) is 0 Å². The van der Waals surface area contributed by atoms with Gasteiger partial charge in [-0.25, -0.2) is 0 Å². The first-order chi connectivity index (χ1) is 14.0. The molecule has 6 nitrogen and oxygen atoms in total. The second kappa shape index (κ2) is 7.70. The van der Waals surface area contributed by atoms with Gasteiger partial charge in [0.25, 0.3) is 5.91 Å². The van der Waals surface area contributed by atoms with Crippen molar-refractivity contribution in [3.05, 3.63) is 53.6 Å². The normalized spacial score (nSPS) is 17.9. The molecule has 0 radical (unpaired) electrons. The zero-order valence-corrected chi connectivity index (χ0v) is 16.8. The molecule has 6 heteroatoms. The summed E-state index contributed by atoms with van der Waals surface area (Å²) in [5.74, 6) is -0.326. The fraction of sp³-hybridized carbons (Fsp3) is 0.348. The minimum absolute atomic E-state index is 0.0330. The molecule has 1 N–H and O–H groups in total. The fourth-order valence-electron chi connectivity index (χ4n) is 4.13. The number of carbonyl (C=O) groups excluding carboxylic acids is 3. The Bertz CT molecular complexity index is 985. The molecule has 29 heavy (non-hydrogen) atoms. The monoisotopic (exact) mass is 391 g/mol. The number of rotatable bonds is 5. The lowest BCUT2D eigenvalue weighted by Gasteiger charge is -2.38. The molecule has 2 heterocycles. The van der Waals surface area contributed by atoms with Gasteiger partial charge in [-0.3, -0.25) is 19.3 Å². The van der Waals surface area contributed by atoms with Crippen LogP contribution in [-0.4, -0.2) is 30.3 Å². The van der Waals surface area contributed by atoms with E-state index < -0.39 is 6.04 Å². The number of nitrogens with zero attached hydrogens (tertiary/aromatic N) is 2. The average Bonchev–Trinajstić information content (AvgIpc) is 3.12. The van der Waals surface area contributed by atoms with E-state index in [0.717, 1.165) is 29.8 Å². The first-order valence-corrected chi connectivity index (χ1v) is 10.2. The van der Waals surface area contributed by atoms with Crippen molar-refractivity contribution in [1.29, 1.82) is 0 Å². The Balaban J connectivity index is 1.68. The van der Waals surface area contributed by atoms with E-state index in [1.807, 2.05) is 31.2 Å². The van der Waals surface area contributed by atoms with Crippen LogP contribution in [0, 0.1) is 0 Å². The van der Waals surface area contributed by atoms with Gasteiger partial charge in [0.05, 0.1) is 11.4 Å². The molecule has 0 bridgehead atoms. The first kappa shape index (κ1) is 19.2. The molecule has 150 valence electrons. The van der Waals surface area contributed by atoms with E-state index in [-0.39, 0.29) is 17.7 Å². The summed E-state index contributed by atoms with van der Waals surface area (Å²) < 4.78 is 0. The Hall–Kier alpha value is -3.15. The smallest absolute Gasteiger partial charge is 0.255 e. The second-order valence-corrected chi connectivity index (χ2v) is 7.52. The lowest BCUT2D eigenvalue weighted by molar-refractivity contribution is -0.122. The van der Waals surface area contributed by atoms with Crippen molar-refractivity contribution in [2.75, 3.05) is 21.7 Å². The molecule has 0 saturated carbocycles. The van der Waals surface area contributed by atoms with E-state index in [2.05, 4.69) is 12.2 Å². The maximum absolute atomic E-state index is 13.0. The Morgan fingerprint density at radius 1 is 1.10 bits per heavy atom. The van der Waals surface area contributed by atoms with Gasteiger partial charge in [-0.15, -0.1) is 0 Å². The van der Waals surface area contributed by atoms with Crippen LogP contribution in [0.2, 0.25) is 0 Å². The number of hydrogen-bond donors (Lipinski definition) is 1. The van der Waals surface area contributed by atoms with Gasteiger partial charge < -0.3 is 10.2 Å². The largest absolute Gasteiger partial charge is 0.322 e. The summed E-state index contributed by atoms with van der Waals surface area (Å²) in [5.41, 5.74) is 3.70. The van der Waals surface area contributed by atoms with Crippen molar-refractivity contribution >= 4 is 34.8 Å². The molecular weight excluding hydrogens is 366 g/mol. The average molecular weight is 391 g/mol. The maximum Gasteiger partial charge on any atom is 0.255 e. The second-order valence-electron chi connectivity index (χ2n) is 7.52. The Kier molecular flexibility index (Phi) is 5.09. The van der Waals surface area contributed by atoms with Gasteiger partial charge in [0, 0.05) is 24.2 Å². The van der Waals surface area contributed by atoms with Crippen molar-refractivity contribution < 1.29 is 14.4 Å². The maximum atomic E-state index is 13.0. The highest BCUT2D eigenvalue weighted by molar-refractivity contribution is 6.16. The molecule has 1 atom stereocenters. The van der Waals surface area contributed by atoms with Crippen LogP contribution in [-0.2, 0) is 16.0 Å². The van der Waals surface area contributed by atoms with E-state index in [1.54, 1.807) is 28.0 Å². The number of fused-ring (bicyclic) bond motifs is 3. The summed E-state index contributed by atoms with van der Waals surface area (Å²) in [6, 6.07) is 12.6. The van der Waals surface area contributed by atoms with Crippen molar-refractivity contribution in [2.45, 2.75) is 45.6 Å². The molecule has 2 aliphatic heterocycles. The van der Waals surface area contributed by atoms with Gasteiger partial charge >= 0.3 is 0 Å². The quantitative estimate of drug-likeness (QED) is 0.844. The molecular formula is C23H25N3O3. The predicted octanol–water partition coefficient (Wildman–Crippen LogP) is 3.75. The summed E-state index contributed by atoms with van der Waals surface area (Å²) >= 11 is 0. The van der Waals surface area contributed by atoms with Gasteiger partial charge in [0.1, 0.15) is 6.04 Å². The molecule has 4 rings (SSSR count). The fourth-order valence-corrected chi connectivity index (χ4v) is 4.13. The summed E-state index contributed by atoms with van der Waals surface area (Å²) in [6.07, 6.45) is 2.62. The molecule has 1 fully saturated rings. The molecule has 0 aliphatic carbocycles. The third kappa shape index (κ3) is 3.39. The Morgan fingerprint density at radius 2 is 1.93 bits per heavy atom. The number of amides is 3. The van der Waals surface area contributed by atoms with Crippen LogP contribution in [0.25, 0.3) is 0 Å². The zero-order chi connectivity index (χ0) is 20.5. The molecule has 0 spiro atoms. The topological polar surface area (TPSA) is 69.7 Å². The van der Waals surface area contributed by atoms with E-state index in [9.17, 15) is 14.4 Å². The molecule has 2 aromatic carbocycles. The standard InChI is InChI=1S/C23H25N3O3/c1-3-12-25-20-14-16(22(28)24-17-7-5-6-15(4-2)13-17)8-9-18(20)26-19(23(25)29)10-11-21(26)27/h5-9,13-14,19H,3-4,10-12H2,1-2H3,(H,24,28). The predicted molar refractivity (Wildman–Crippen MR) is 113 cm³/mol. The number of aryl methyl sites for hydroxylation is 1. The molecule has 1 unspecified atom stereocenters. The van der Waals surface area contributed by atoms with Crippen LogP contribution in [0.3, 0.4) is 0 Å². The van der Waals surface area contributed by atoms with Gasteiger partial charge in [-0.1, -0.05) is 26.0 Å². The molecule has 3 amide bonds. The summed E-state index contributed by atoms with van der Waals surface area (Å²) in [7, 11) is 0. The summed E-state index contributed by atoms with van der Waals surface area (Å²) in [5, 5.41) is 2.93. The number of nitrogens with one attached hydrogen (secondary N) is 1. The highest BCUT2D eigenvalue weighted by Crippen LogP contribution is 2.41. The summed E-state index contributed by atoms with van der Waals surface area (Å²) in [6.45, 7) is 4.64. The lowest BCUT2D eigenvalue weighted by atomic mass is 10.0.